The molecule has 0 unspecified atom stereocenters. The number of nitrogens with zero attached hydrogens (tertiary/aromatic N) is 1. The fourth-order valence-electron chi connectivity index (χ4n) is 1.41. The van der Waals surface area contributed by atoms with Crippen molar-refractivity contribution in [2.24, 2.45) is 0 Å². The molecule has 0 aromatic carbocycles. The SMILES string of the molecule is CCN(CCC(=O)O)C(=O)CSCc1cccs1. The van der Waals surface area contributed by atoms with Crippen LogP contribution in [0.1, 0.15) is 18.2 Å². The number of aliphatic carboxylic acids is 1. The second-order valence-electron chi connectivity index (χ2n) is 3.69. The Bertz CT molecular complexity index is 379. The smallest absolute Gasteiger partial charge is 0.305 e. The monoisotopic (exact) mass is 287 g/mol. The second-order valence-corrected chi connectivity index (χ2v) is 5.71. The lowest BCUT2D eigenvalue weighted by Crippen LogP contribution is -2.34. The van der Waals surface area contributed by atoms with Crippen molar-refractivity contribution in [1.29, 1.82) is 0 Å². The van der Waals surface area contributed by atoms with Gasteiger partial charge >= 0.3 is 5.97 Å². The maximum atomic E-state index is 11.8. The van der Waals surface area contributed by atoms with E-state index in [0.29, 0.717) is 18.8 Å². The quantitative estimate of drug-likeness (QED) is 0.797. The number of carboxylic acids is 1. The normalized spacial score (nSPS) is 10.3. The topological polar surface area (TPSA) is 57.6 Å². The number of rotatable bonds is 8. The average molecular weight is 287 g/mol. The highest BCUT2D eigenvalue weighted by atomic mass is 32.2. The van der Waals surface area contributed by atoms with Gasteiger partial charge in [0.05, 0.1) is 12.2 Å². The average Bonchev–Trinajstić information content (AvgIpc) is 2.82. The van der Waals surface area contributed by atoms with Crippen LogP contribution < -0.4 is 0 Å². The molecule has 4 nitrogen and oxygen atoms in total. The highest BCUT2D eigenvalue weighted by Gasteiger charge is 2.12. The van der Waals surface area contributed by atoms with Gasteiger partial charge in [0.15, 0.2) is 0 Å². The molecular formula is C12H17NO3S2. The molecule has 6 heteroatoms. The van der Waals surface area contributed by atoms with Crippen LogP contribution in [0.25, 0.3) is 0 Å². The Balaban J connectivity index is 2.26. The first-order valence-corrected chi connectivity index (χ1v) is 7.76. The van der Waals surface area contributed by atoms with Crippen LogP contribution in [0.3, 0.4) is 0 Å². The van der Waals surface area contributed by atoms with Gasteiger partial charge in [-0.05, 0) is 18.4 Å². The van der Waals surface area contributed by atoms with Crippen molar-refractivity contribution in [2.45, 2.75) is 19.1 Å². The summed E-state index contributed by atoms with van der Waals surface area (Å²) in [7, 11) is 0. The van der Waals surface area contributed by atoms with Gasteiger partial charge < -0.3 is 10.0 Å². The molecule has 0 spiro atoms. The van der Waals surface area contributed by atoms with Crippen molar-refractivity contribution in [1.82, 2.24) is 4.90 Å². The molecule has 1 rings (SSSR count). The summed E-state index contributed by atoms with van der Waals surface area (Å²) in [6.45, 7) is 2.72. The van der Waals surface area contributed by atoms with Gasteiger partial charge in [0, 0.05) is 23.7 Å². The molecule has 100 valence electrons. The molecule has 1 amide bonds. The van der Waals surface area contributed by atoms with Crippen LogP contribution >= 0.6 is 23.1 Å². The predicted molar refractivity (Wildman–Crippen MR) is 75.0 cm³/mol. The number of carbonyl (C=O) groups is 2. The molecule has 0 radical (unpaired) electrons. The number of carboxylic acid groups (broad SMARTS) is 1. The number of thiophene rings is 1. The summed E-state index contributed by atoms with van der Waals surface area (Å²) in [5.41, 5.74) is 0. The molecule has 1 aromatic rings. The summed E-state index contributed by atoms with van der Waals surface area (Å²) in [6, 6.07) is 4.04. The summed E-state index contributed by atoms with van der Waals surface area (Å²) in [5.74, 6) is 0.387. The minimum atomic E-state index is -0.868. The van der Waals surface area contributed by atoms with Crippen molar-refractivity contribution in [3.8, 4) is 0 Å². The van der Waals surface area contributed by atoms with Gasteiger partial charge in [0.2, 0.25) is 5.91 Å². The van der Waals surface area contributed by atoms with Gasteiger partial charge in [0.1, 0.15) is 0 Å². The predicted octanol–water partition coefficient (Wildman–Crippen LogP) is 2.30. The Labute approximate surface area is 115 Å². The second kappa shape index (κ2) is 8.16. The zero-order chi connectivity index (χ0) is 13.4. The Hall–Kier alpha value is -1.01. The van der Waals surface area contributed by atoms with E-state index < -0.39 is 5.97 Å². The first-order chi connectivity index (χ1) is 8.63. The molecule has 1 N–H and O–H groups in total. The lowest BCUT2D eigenvalue weighted by molar-refractivity contribution is -0.138. The summed E-state index contributed by atoms with van der Waals surface area (Å²) in [6.07, 6.45) is 0.00910. The first kappa shape index (κ1) is 15.0. The third-order valence-corrected chi connectivity index (χ3v) is 4.41. The van der Waals surface area contributed by atoms with Crippen LogP contribution in [0.5, 0.6) is 0 Å². The highest BCUT2D eigenvalue weighted by molar-refractivity contribution is 7.99. The van der Waals surface area contributed by atoms with Gasteiger partial charge in [-0.3, -0.25) is 9.59 Å². The summed E-state index contributed by atoms with van der Waals surface area (Å²) in [5, 5.41) is 10.6. The standard InChI is InChI=1S/C12H17NO3S2/c1-2-13(6-5-12(15)16)11(14)9-17-8-10-4-3-7-18-10/h3-4,7H,2,5-6,8-9H2,1H3,(H,15,16). The van der Waals surface area contributed by atoms with Gasteiger partial charge in [-0.15, -0.1) is 23.1 Å². The summed E-state index contributed by atoms with van der Waals surface area (Å²) < 4.78 is 0. The molecular weight excluding hydrogens is 270 g/mol. The van der Waals surface area contributed by atoms with Crippen molar-refractivity contribution in [3.05, 3.63) is 22.4 Å². The third-order valence-electron chi connectivity index (χ3n) is 2.38. The van der Waals surface area contributed by atoms with Gasteiger partial charge in [-0.1, -0.05) is 6.07 Å². The van der Waals surface area contributed by atoms with Crippen LogP contribution in [0, 0.1) is 0 Å². The van der Waals surface area contributed by atoms with Crippen molar-refractivity contribution in [3.63, 3.8) is 0 Å². The molecule has 0 saturated carbocycles. The lowest BCUT2D eigenvalue weighted by Gasteiger charge is -2.19. The number of amides is 1. The van der Waals surface area contributed by atoms with Gasteiger partial charge in [0.25, 0.3) is 0 Å². The molecule has 0 atom stereocenters. The number of hydrogen-bond acceptors (Lipinski definition) is 4. The maximum Gasteiger partial charge on any atom is 0.305 e. The molecule has 1 aromatic heterocycles. The van der Waals surface area contributed by atoms with Crippen LogP contribution in [0.15, 0.2) is 17.5 Å². The lowest BCUT2D eigenvalue weighted by atomic mass is 10.4. The Morgan fingerprint density at radius 3 is 2.83 bits per heavy atom. The Kier molecular flexibility index (Phi) is 6.82. The maximum absolute atomic E-state index is 11.8. The zero-order valence-electron chi connectivity index (χ0n) is 10.3. The molecule has 0 bridgehead atoms. The fraction of sp³-hybridized carbons (Fsp3) is 0.500. The number of hydrogen-bond donors (Lipinski definition) is 1. The van der Waals surface area contributed by atoms with Crippen LogP contribution in [0.4, 0.5) is 0 Å². The number of carbonyl (C=O) groups excluding carboxylic acids is 1. The molecule has 0 fully saturated rings. The highest BCUT2D eigenvalue weighted by Crippen LogP contribution is 2.17. The van der Waals surface area contributed by atoms with E-state index in [1.165, 1.54) is 4.88 Å². The first-order valence-electron chi connectivity index (χ1n) is 5.73. The van der Waals surface area contributed by atoms with Crippen LogP contribution in [-0.4, -0.2) is 40.7 Å². The minimum absolute atomic E-state index is 0.00910. The van der Waals surface area contributed by atoms with E-state index in [0.717, 1.165) is 5.75 Å². The van der Waals surface area contributed by atoms with Crippen LogP contribution in [-0.2, 0) is 15.3 Å². The Morgan fingerprint density at radius 2 is 2.28 bits per heavy atom. The van der Waals surface area contributed by atoms with Crippen molar-refractivity contribution < 1.29 is 14.7 Å². The number of thioether (sulfide) groups is 1. The molecule has 0 saturated heterocycles. The van der Waals surface area contributed by atoms with Crippen LogP contribution in [0.2, 0.25) is 0 Å². The van der Waals surface area contributed by atoms with Crippen molar-refractivity contribution >= 4 is 35.0 Å². The van der Waals surface area contributed by atoms with E-state index in [2.05, 4.69) is 0 Å². The molecule has 1 heterocycles. The zero-order valence-corrected chi connectivity index (χ0v) is 11.9. The van der Waals surface area contributed by atoms with E-state index in [-0.39, 0.29) is 12.3 Å². The largest absolute Gasteiger partial charge is 0.481 e. The van der Waals surface area contributed by atoms with Gasteiger partial charge in [-0.2, -0.15) is 0 Å². The Morgan fingerprint density at radius 1 is 1.50 bits per heavy atom. The molecule has 0 aliphatic carbocycles. The summed E-state index contributed by atoms with van der Waals surface area (Å²) >= 11 is 3.25. The van der Waals surface area contributed by atoms with E-state index in [1.807, 2.05) is 24.4 Å². The van der Waals surface area contributed by atoms with E-state index in [1.54, 1.807) is 28.0 Å². The van der Waals surface area contributed by atoms with Gasteiger partial charge in [-0.25, -0.2) is 0 Å². The molecule has 0 aliphatic heterocycles. The summed E-state index contributed by atoms with van der Waals surface area (Å²) in [4.78, 5) is 25.1. The molecule has 18 heavy (non-hydrogen) atoms. The van der Waals surface area contributed by atoms with Crippen molar-refractivity contribution in [2.75, 3.05) is 18.8 Å². The van der Waals surface area contributed by atoms with E-state index in [4.69, 9.17) is 5.11 Å². The minimum Gasteiger partial charge on any atom is -0.481 e. The van der Waals surface area contributed by atoms with E-state index in [9.17, 15) is 9.59 Å². The fourth-order valence-corrected chi connectivity index (χ4v) is 3.18. The third kappa shape index (κ3) is 5.55. The molecule has 0 aliphatic rings. The van der Waals surface area contributed by atoms with E-state index >= 15 is 0 Å².